The van der Waals surface area contributed by atoms with Gasteiger partial charge < -0.3 is 15.2 Å². The van der Waals surface area contributed by atoms with Crippen molar-refractivity contribution >= 4 is 46.3 Å². The number of anilines is 4. The number of aryl methyl sites for hydroxylation is 1. The third-order valence-corrected chi connectivity index (χ3v) is 11.3. The highest BCUT2D eigenvalue weighted by molar-refractivity contribution is 6.91. The lowest BCUT2D eigenvalue weighted by molar-refractivity contribution is 0.590. The second-order valence-electron chi connectivity index (χ2n) is 18.6. The number of nitrogens with zero attached hydrogens (tertiary/aromatic N) is 2. The van der Waals surface area contributed by atoms with Gasteiger partial charge in [-0.3, -0.25) is 0 Å². The van der Waals surface area contributed by atoms with E-state index in [4.69, 9.17) is 6.58 Å². The van der Waals surface area contributed by atoms with Crippen molar-refractivity contribution in [2.75, 3.05) is 9.80 Å². The van der Waals surface area contributed by atoms with Crippen molar-refractivity contribution in [3.63, 3.8) is 0 Å². The number of fused-ring (bicyclic) bond motifs is 3. The Labute approximate surface area is 307 Å². The summed E-state index contributed by atoms with van der Waals surface area (Å²) < 4.78 is 0. The van der Waals surface area contributed by atoms with Gasteiger partial charge in [-0.15, -0.1) is 6.58 Å². The molecule has 0 amide bonds. The molecular formula is C47H54BN3. The minimum atomic E-state index is -0.317. The molecule has 0 aromatic heterocycles. The Kier molecular flexibility index (Phi) is 7.84. The number of hydrogen-bond acceptors (Lipinski definition) is 3. The highest BCUT2D eigenvalue weighted by atomic mass is 15.2. The van der Waals surface area contributed by atoms with Crippen molar-refractivity contribution in [1.29, 1.82) is 5.41 Å². The molecule has 1 N–H and O–H groups in total. The van der Waals surface area contributed by atoms with Crippen molar-refractivity contribution in [2.45, 2.75) is 99.3 Å². The molecule has 2 aliphatic heterocycles. The summed E-state index contributed by atoms with van der Waals surface area (Å²) in [6.07, 6.45) is 2.10. The van der Waals surface area contributed by atoms with E-state index in [-0.39, 0.29) is 28.4 Å². The van der Waals surface area contributed by atoms with E-state index in [0.29, 0.717) is 5.71 Å². The van der Waals surface area contributed by atoms with Gasteiger partial charge in [0.15, 0.2) is 0 Å². The third-order valence-electron chi connectivity index (χ3n) is 11.3. The second kappa shape index (κ2) is 11.5. The molecule has 260 valence electrons. The summed E-state index contributed by atoms with van der Waals surface area (Å²) in [6, 6.07) is 32.0. The van der Waals surface area contributed by atoms with Crippen LogP contribution >= 0.6 is 0 Å². The molecule has 0 bridgehead atoms. The van der Waals surface area contributed by atoms with Crippen molar-refractivity contribution in [3.8, 4) is 0 Å². The molecule has 7 rings (SSSR count). The molecule has 3 nitrogen and oxygen atoms in total. The van der Waals surface area contributed by atoms with E-state index in [0.717, 1.165) is 28.2 Å². The Morgan fingerprint density at radius 2 is 1.22 bits per heavy atom. The van der Waals surface area contributed by atoms with Crippen molar-refractivity contribution < 1.29 is 0 Å². The fourth-order valence-corrected chi connectivity index (χ4v) is 8.30. The quantitative estimate of drug-likeness (QED) is 0.174. The molecule has 0 saturated carbocycles. The number of allylic oxidation sites excluding steroid dienone is 3. The lowest BCUT2D eigenvalue weighted by Gasteiger charge is -2.47. The Morgan fingerprint density at radius 3 is 1.73 bits per heavy atom. The predicted molar refractivity (Wildman–Crippen MR) is 222 cm³/mol. The van der Waals surface area contributed by atoms with Crippen LogP contribution in [0.3, 0.4) is 0 Å². The van der Waals surface area contributed by atoms with E-state index in [2.05, 4.69) is 184 Å². The van der Waals surface area contributed by atoms with E-state index >= 15 is 0 Å². The molecule has 0 saturated heterocycles. The van der Waals surface area contributed by atoms with E-state index in [1.54, 1.807) is 0 Å². The fraction of sp³-hybridized carbons (Fsp3) is 0.340. The summed E-state index contributed by atoms with van der Waals surface area (Å²) >= 11 is 0. The van der Waals surface area contributed by atoms with Crippen LogP contribution in [0.15, 0.2) is 114 Å². The average Bonchev–Trinajstić information content (AvgIpc) is 3.28. The van der Waals surface area contributed by atoms with Gasteiger partial charge in [-0.1, -0.05) is 136 Å². The fourth-order valence-electron chi connectivity index (χ4n) is 8.30. The zero-order valence-electron chi connectivity index (χ0n) is 32.8. The average molecular weight is 672 g/mol. The molecule has 4 aromatic carbocycles. The van der Waals surface area contributed by atoms with Gasteiger partial charge in [0, 0.05) is 56.2 Å². The summed E-state index contributed by atoms with van der Waals surface area (Å²) in [4.78, 5) is 4.93. The van der Waals surface area contributed by atoms with Gasteiger partial charge in [0.2, 0.25) is 6.71 Å². The van der Waals surface area contributed by atoms with Crippen molar-refractivity contribution in [1.82, 2.24) is 0 Å². The van der Waals surface area contributed by atoms with Gasteiger partial charge in [-0.2, -0.15) is 0 Å². The first-order valence-electron chi connectivity index (χ1n) is 18.5. The van der Waals surface area contributed by atoms with Crippen LogP contribution in [0.25, 0.3) is 5.70 Å². The highest BCUT2D eigenvalue weighted by Crippen LogP contribution is 2.57. The first-order valence-corrected chi connectivity index (χ1v) is 18.5. The molecule has 3 aliphatic rings. The Bertz CT molecular complexity index is 2160. The number of hydrogen-bond donors (Lipinski definition) is 1. The molecule has 1 aliphatic carbocycles. The van der Waals surface area contributed by atoms with Gasteiger partial charge in [-0.05, 0) is 87.9 Å². The molecule has 4 aromatic rings. The molecule has 0 atom stereocenters. The van der Waals surface area contributed by atoms with E-state index in [9.17, 15) is 5.41 Å². The molecule has 4 heteroatoms. The first-order chi connectivity index (χ1) is 23.7. The predicted octanol–water partition coefficient (Wildman–Crippen LogP) is 11.9. The minimum Gasteiger partial charge on any atom is -0.311 e. The van der Waals surface area contributed by atoms with E-state index < -0.39 is 0 Å². The summed E-state index contributed by atoms with van der Waals surface area (Å²) in [5, 5.41) is 9.31. The maximum absolute atomic E-state index is 9.31. The molecule has 51 heavy (non-hydrogen) atoms. The van der Waals surface area contributed by atoms with E-state index in [1.165, 1.54) is 50.1 Å². The highest BCUT2D eigenvalue weighted by Gasteiger charge is 2.53. The monoisotopic (exact) mass is 671 g/mol. The van der Waals surface area contributed by atoms with Crippen LogP contribution in [0.1, 0.15) is 104 Å². The van der Waals surface area contributed by atoms with Crippen LogP contribution in [0.5, 0.6) is 0 Å². The van der Waals surface area contributed by atoms with Crippen LogP contribution in [-0.2, 0) is 16.2 Å². The molecule has 0 radical (unpaired) electrons. The van der Waals surface area contributed by atoms with Crippen LogP contribution in [0.4, 0.5) is 22.7 Å². The number of nitrogens with one attached hydrogen (secondary N) is 1. The molecule has 0 fully saturated rings. The van der Waals surface area contributed by atoms with Gasteiger partial charge in [0.05, 0.1) is 0 Å². The SMILES string of the molecule is C=C1B2C3=C(c4ccccc4C3(C)C)N(c3ccc(C(C)(C)C)cc3)c3cc(C)cc(c32)N(c2ccc(C(C)(C)C)cc2)/C1=C/C(=N)C(C)(C)C. The zero-order chi connectivity index (χ0) is 37.0. The standard InChI is InChI=1S/C47H54BN3/c1-29-26-38-41-39(27-29)51(34-24-20-32(21-25-34)45(6,7)8)42-35-16-14-15-17-36(35)47(12,13)43(42)48(41)30(2)37(28-40(49)46(9,10)11)50(38)33-22-18-31(19-23-33)44(3,4)5/h14-28,49H,2H2,1,3-13H3/b37-28+,49-40?. The number of benzene rings is 4. The van der Waals surface area contributed by atoms with Crippen LogP contribution in [0, 0.1) is 17.7 Å². The molecule has 0 spiro atoms. The maximum atomic E-state index is 9.31. The summed E-state index contributed by atoms with van der Waals surface area (Å²) in [5.74, 6) is 0. The lowest BCUT2D eigenvalue weighted by atomic mass is 9.29. The van der Waals surface area contributed by atoms with Gasteiger partial charge >= 0.3 is 0 Å². The summed E-state index contributed by atoms with van der Waals surface area (Å²) in [6.45, 7) is 31.9. The number of rotatable bonds is 3. The molecular weight excluding hydrogens is 617 g/mol. The molecule has 0 unspecified atom stereocenters. The van der Waals surface area contributed by atoms with Crippen LogP contribution < -0.4 is 15.3 Å². The smallest absolute Gasteiger partial charge is 0.247 e. The van der Waals surface area contributed by atoms with Gasteiger partial charge in [-0.25, -0.2) is 0 Å². The topological polar surface area (TPSA) is 30.3 Å². The summed E-state index contributed by atoms with van der Waals surface area (Å²) in [5.41, 5.74) is 17.1. The Hall–Kier alpha value is -4.57. The van der Waals surface area contributed by atoms with Gasteiger partial charge in [0.25, 0.3) is 0 Å². The van der Waals surface area contributed by atoms with Crippen LogP contribution in [0.2, 0.25) is 0 Å². The maximum Gasteiger partial charge on any atom is 0.247 e. The van der Waals surface area contributed by atoms with Crippen LogP contribution in [-0.4, -0.2) is 12.4 Å². The largest absolute Gasteiger partial charge is 0.311 e. The molecule has 2 heterocycles. The van der Waals surface area contributed by atoms with Crippen molar-refractivity contribution in [3.05, 3.63) is 142 Å². The Balaban J connectivity index is 1.57. The minimum absolute atomic E-state index is 0.0413. The third kappa shape index (κ3) is 5.54. The zero-order valence-corrected chi connectivity index (χ0v) is 32.8. The summed E-state index contributed by atoms with van der Waals surface area (Å²) in [7, 11) is 0. The Morgan fingerprint density at radius 1 is 0.725 bits per heavy atom. The lowest BCUT2D eigenvalue weighted by Crippen LogP contribution is -2.53. The first kappa shape index (κ1) is 34.9. The van der Waals surface area contributed by atoms with Crippen molar-refractivity contribution in [2.24, 2.45) is 5.41 Å². The normalized spacial score (nSPS) is 17.5. The van der Waals surface area contributed by atoms with Gasteiger partial charge in [0.1, 0.15) is 0 Å². The second-order valence-corrected chi connectivity index (χ2v) is 18.6. The van der Waals surface area contributed by atoms with E-state index in [1.807, 2.05) is 0 Å².